The van der Waals surface area contributed by atoms with E-state index < -0.39 is 23.5 Å². The first-order valence-electron chi connectivity index (χ1n) is 11.1. The van der Waals surface area contributed by atoms with E-state index in [9.17, 15) is 14.7 Å². The number of hydrogen-bond acceptors (Lipinski definition) is 4. The molecule has 2 aromatic rings. The quantitative estimate of drug-likeness (QED) is 0.229. The Morgan fingerprint density at radius 2 is 1.76 bits per heavy atom. The first-order valence-corrected chi connectivity index (χ1v) is 11.9. The molecule has 0 aliphatic carbocycles. The van der Waals surface area contributed by atoms with Crippen LogP contribution in [0.25, 0.3) is 5.76 Å². The number of amides is 1. The Morgan fingerprint density at radius 1 is 1.12 bits per heavy atom. The number of nitrogens with zero attached hydrogens (tertiary/aromatic N) is 1. The Hall–Kier alpha value is -2.90. The van der Waals surface area contributed by atoms with Crippen LogP contribution < -0.4 is 14.7 Å². The summed E-state index contributed by atoms with van der Waals surface area (Å²) >= 11 is 3.36. The first-order chi connectivity index (χ1) is 15.9. The van der Waals surface area contributed by atoms with Crippen LogP contribution in [0, 0.1) is 0 Å². The number of rotatable bonds is 10. The Bertz CT molecular complexity index is 1030. The molecule has 0 bridgehead atoms. The zero-order chi connectivity index (χ0) is 24.0. The molecule has 1 unspecified atom stereocenters. The van der Waals surface area contributed by atoms with Crippen molar-refractivity contribution in [2.24, 2.45) is 0 Å². The second kappa shape index (κ2) is 11.3. The van der Waals surface area contributed by atoms with Crippen molar-refractivity contribution in [3.05, 3.63) is 82.4 Å². The molecule has 33 heavy (non-hydrogen) atoms. The van der Waals surface area contributed by atoms with Crippen LogP contribution in [0.1, 0.15) is 31.0 Å². The van der Waals surface area contributed by atoms with E-state index in [1.807, 2.05) is 0 Å². The van der Waals surface area contributed by atoms with E-state index >= 15 is 0 Å². The Kier molecular flexibility index (Phi) is 8.47. The van der Waals surface area contributed by atoms with Gasteiger partial charge in [-0.3, -0.25) is 9.59 Å². The average Bonchev–Trinajstić information content (AvgIpc) is 3.08. The van der Waals surface area contributed by atoms with Crippen molar-refractivity contribution < 1.29 is 24.3 Å². The largest absolute Gasteiger partial charge is 0.872 e. The van der Waals surface area contributed by atoms with Crippen LogP contribution in [0.5, 0.6) is 5.75 Å². The van der Waals surface area contributed by atoms with Crippen LogP contribution in [0.4, 0.5) is 0 Å². The molecule has 6 nitrogen and oxygen atoms in total. The topological polar surface area (TPSA) is 74.1 Å². The molecule has 1 saturated heterocycles. The molecule has 7 heteroatoms. The molecule has 3 rings (SSSR count). The fourth-order valence-electron chi connectivity index (χ4n) is 3.99. The highest BCUT2D eigenvalue weighted by molar-refractivity contribution is 9.10. The van der Waals surface area contributed by atoms with Crippen LogP contribution in [-0.2, 0) is 9.59 Å². The molecule has 1 aliphatic rings. The van der Waals surface area contributed by atoms with Gasteiger partial charge in [0.05, 0.1) is 32.2 Å². The highest BCUT2D eigenvalue weighted by Gasteiger charge is 2.44. The van der Waals surface area contributed by atoms with Crippen molar-refractivity contribution >= 4 is 33.4 Å². The van der Waals surface area contributed by atoms with Crippen molar-refractivity contribution in [1.29, 1.82) is 0 Å². The molecular formula is C26H29BrN2O4. The van der Waals surface area contributed by atoms with Gasteiger partial charge in [0.1, 0.15) is 12.4 Å². The van der Waals surface area contributed by atoms with E-state index in [1.165, 1.54) is 4.90 Å². The maximum Gasteiger partial charge on any atom is 0.295 e. The fourth-order valence-corrected chi connectivity index (χ4v) is 4.25. The molecule has 0 aromatic heterocycles. The first kappa shape index (κ1) is 24.7. The van der Waals surface area contributed by atoms with Crippen molar-refractivity contribution in [2.45, 2.75) is 19.9 Å². The smallest absolute Gasteiger partial charge is 0.295 e. The zero-order valence-corrected chi connectivity index (χ0v) is 20.6. The minimum atomic E-state index is -0.732. The maximum absolute atomic E-state index is 13.4. The number of likely N-dealkylation sites (N-methyl/N-ethyl adjacent to an activating group) is 1. The van der Waals surface area contributed by atoms with Crippen LogP contribution in [0.15, 0.2) is 71.2 Å². The van der Waals surface area contributed by atoms with Gasteiger partial charge in [0.2, 0.25) is 5.78 Å². The summed E-state index contributed by atoms with van der Waals surface area (Å²) < 4.78 is 6.38. The molecule has 1 aliphatic heterocycles. The minimum Gasteiger partial charge on any atom is -0.872 e. The molecule has 0 saturated carbocycles. The summed E-state index contributed by atoms with van der Waals surface area (Å²) in [6, 6.07) is 13.2. The number of likely N-dealkylation sites (tertiary alicyclic amines) is 1. The Morgan fingerprint density at radius 3 is 2.33 bits per heavy atom. The molecule has 1 atom stereocenters. The van der Waals surface area contributed by atoms with Gasteiger partial charge in [0.25, 0.3) is 5.91 Å². The van der Waals surface area contributed by atoms with Crippen molar-refractivity contribution in [2.75, 3.05) is 32.8 Å². The molecule has 1 N–H and O–H groups in total. The summed E-state index contributed by atoms with van der Waals surface area (Å²) in [6.45, 7) is 11.1. The lowest BCUT2D eigenvalue weighted by molar-refractivity contribution is -0.895. The van der Waals surface area contributed by atoms with Crippen LogP contribution in [0.3, 0.4) is 0 Å². The SMILES string of the molecule is C=CCOc1ccc(C2/C(=C(\[O-])c3ccc(Br)cc3)C(=O)C(=O)N2CC[NH+](CC)CC)cc1. The monoisotopic (exact) mass is 512 g/mol. The number of carbonyl (C=O) groups excluding carboxylic acids is 2. The third kappa shape index (κ3) is 5.54. The summed E-state index contributed by atoms with van der Waals surface area (Å²) in [5.41, 5.74) is 1.08. The second-order valence-corrected chi connectivity index (χ2v) is 8.77. The number of halogens is 1. The van der Waals surface area contributed by atoms with Gasteiger partial charge < -0.3 is 19.6 Å². The summed E-state index contributed by atoms with van der Waals surface area (Å²) in [7, 11) is 0. The average molecular weight is 513 g/mol. The number of benzene rings is 2. The van der Waals surface area contributed by atoms with E-state index in [1.54, 1.807) is 59.5 Å². The normalized spacial score (nSPS) is 17.6. The zero-order valence-electron chi connectivity index (χ0n) is 19.0. The van der Waals surface area contributed by atoms with Gasteiger partial charge in [-0.2, -0.15) is 0 Å². The molecular weight excluding hydrogens is 484 g/mol. The second-order valence-electron chi connectivity index (χ2n) is 7.86. The lowest BCUT2D eigenvalue weighted by Crippen LogP contribution is -3.12. The highest BCUT2D eigenvalue weighted by atomic mass is 79.9. The predicted molar refractivity (Wildman–Crippen MR) is 130 cm³/mol. The van der Waals surface area contributed by atoms with Gasteiger partial charge in [-0.15, -0.1) is 0 Å². The molecule has 1 fully saturated rings. The summed E-state index contributed by atoms with van der Waals surface area (Å²) in [5, 5.41) is 13.4. The van der Waals surface area contributed by atoms with E-state index in [4.69, 9.17) is 4.74 Å². The molecule has 2 aromatic carbocycles. The minimum absolute atomic E-state index is 0.00312. The lowest BCUT2D eigenvalue weighted by atomic mass is 9.95. The maximum atomic E-state index is 13.4. The molecule has 174 valence electrons. The molecule has 1 amide bonds. The number of ether oxygens (including phenoxy) is 1. The highest BCUT2D eigenvalue weighted by Crippen LogP contribution is 2.39. The number of nitrogens with one attached hydrogen (secondary N) is 1. The lowest BCUT2D eigenvalue weighted by Gasteiger charge is -2.28. The van der Waals surface area contributed by atoms with Gasteiger partial charge in [-0.05, 0) is 49.2 Å². The van der Waals surface area contributed by atoms with Gasteiger partial charge in [0.15, 0.2) is 0 Å². The number of quaternary nitrogens is 1. The van der Waals surface area contributed by atoms with E-state index in [0.717, 1.165) is 17.6 Å². The Balaban J connectivity index is 2.05. The van der Waals surface area contributed by atoms with E-state index in [0.29, 0.717) is 36.6 Å². The van der Waals surface area contributed by atoms with Crippen LogP contribution in [-0.4, -0.2) is 49.4 Å². The number of carbonyl (C=O) groups is 2. The molecule has 1 heterocycles. The molecule has 0 spiro atoms. The van der Waals surface area contributed by atoms with E-state index in [-0.39, 0.29) is 5.57 Å². The van der Waals surface area contributed by atoms with Crippen LogP contribution in [0.2, 0.25) is 0 Å². The third-order valence-corrected chi connectivity index (χ3v) is 6.43. The fraction of sp³-hybridized carbons (Fsp3) is 0.308. The van der Waals surface area contributed by atoms with Crippen molar-refractivity contribution in [1.82, 2.24) is 4.90 Å². The van der Waals surface area contributed by atoms with Gasteiger partial charge >= 0.3 is 0 Å². The number of ketones is 1. The summed E-state index contributed by atoms with van der Waals surface area (Å²) in [4.78, 5) is 29.0. The third-order valence-electron chi connectivity index (χ3n) is 5.91. The van der Waals surface area contributed by atoms with Gasteiger partial charge in [-0.1, -0.05) is 58.6 Å². The standard InChI is InChI=1S/C26H29BrN2O4/c1-4-17-33-21-13-9-18(10-14-21)23-22(24(30)19-7-11-20(27)12-8-19)25(31)26(32)29(23)16-15-28(5-2)6-3/h4,7-14,23,30H,1,5-6,15-17H2,2-3H3/b24-22+. The summed E-state index contributed by atoms with van der Waals surface area (Å²) in [6.07, 6.45) is 1.66. The van der Waals surface area contributed by atoms with Crippen molar-refractivity contribution in [3.8, 4) is 5.75 Å². The number of Topliss-reactive ketones (excluding diaryl/α,β-unsaturated/α-hetero) is 1. The number of hydrogen-bond donors (Lipinski definition) is 1. The van der Waals surface area contributed by atoms with Gasteiger partial charge in [0, 0.05) is 10.0 Å². The molecule has 0 radical (unpaired) electrons. The predicted octanol–water partition coefficient (Wildman–Crippen LogP) is 2.16. The van der Waals surface area contributed by atoms with Crippen LogP contribution >= 0.6 is 15.9 Å². The Labute approximate surface area is 203 Å². The van der Waals surface area contributed by atoms with Gasteiger partial charge in [-0.25, -0.2) is 0 Å². The van der Waals surface area contributed by atoms with E-state index in [2.05, 4.69) is 36.4 Å². The summed E-state index contributed by atoms with van der Waals surface area (Å²) in [5.74, 6) is -1.13. The van der Waals surface area contributed by atoms with Crippen molar-refractivity contribution in [3.63, 3.8) is 0 Å².